The molecule has 6 heteroatoms. The maximum absolute atomic E-state index is 12.7. The molecule has 0 aliphatic rings. The first-order valence-electron chi connectivity index (χ1n) is 3.54. The molecule has 0 aliphatic carbocycles. The summed E-state index contributed by atoms with van der Waals surface area (Å²) in [6, 6.07) is 2.08. The Morgan fingerprint density at radius 1 is 1.21 bits per heavy atom. The molecule has 0 fully saturated rings. The van der Waals surface area contributed by atoms with Gasteiger partial charge in [0.15, 0.2) is 0 Å². The number of hydrogen-bond acceptors (Lipinski definition) is 2. The van der Waals surface area contributed by atoms with Gasteiger partial charge in [-0.05, 0) is 23.8 Å². The van der Waals surface area contributed by atoms with E-state index >= 15 is 0 Å². The fourth-order valence-corrected chi connectivity index (χ4v) is 0.937. The van der Waals surface area contributed by atoms with Gasteiger partial charge < -0.3 is 5.84 Å². The number of hydrogen-bond donors (Lipinski definition) is 1. The van der Waals surface area contributed by atoms with Gasteiger partial charge in [-0.25, -0.2) is 4.39 Å². The van der Waals surface area contributed by atoms with E-state index < -0.39 is 17.6 Å². The monoisotopic (exact) mass is 206 g/mol. The maximum atomic E-state index is 12.7. The zero-order valence-corrected chi connectivity index (χ0v) is 6.85. The Hall–Kier alpha value is -1.59. The second kappa shape index (κ2) is 3.65. The van der Waals surface area contributed by atoms with Crippen LogP contribution in [0.25, 0.3) is 0 Å². The number of rotatable bonds is 1. The molecular weight excluding hydrogens is 200 g/mol. The van der Waals surface area contributed by atoms with Crippen LogP contribution in [0, 0.1) is 5.82 Å². The third-order valence-electron chi connectivity index (χ3n) is 1.47. The van der Waals surface area contributed by atoms with Crippen LogP contribution in [0.4, 0.5) is 17.6 Å². The van der Waals surface area contributed by atoms with Crippen molar-refractivity contribution in [1.29, 1.82) is 0 Å². The Labute approximate surface area is 77.0 Å². The fourth-order valence-electron chi connectivity index (χ4n) is 0.937. The van der Waals surface area contributed by atoms with Gasteiger partial charge in [-0.3, -0.25) is 0 Å². The molecular formula is C8H6F4N2. The zero-order valence-electron chi connectivity index (χ0n) is 6.85. The first-order chi connectivity index (χ1) is 6.43. The highest BCUT2D eigenvalue weighted by molar-refractivity contribution is 5.79. The van der Waals surface area contributed by atoms with Gasteiger partial charge in [-0.2, -0.15) is 18.3 Å². The van der Waals surface area contributed by atoms with Gasteiger partial charge >= 0.3 is 6.18 Å². The Kier molecular flexibility index (Phi) is 2.73. The lowest BCUT2D eigenvalue weighted by Gasteiger charge is -2.06. The SMILES string of the molecule is NN=Cc1cc(F)cc(C(F)(F)F)c1. The van der Waals surface area contributed by atoms with Crippen molar-refractivity contribution in [3.63, 3.8) is 0 Å². The van der Waals surface area contributed by atoms with Gasteiger partial charge in [0, 0.05) is 0 Å². The summed E-state index contributed by atoms with van der Waals surface area (Å²) < 4.78 is 49.1. The van der Waals surface area contributed by atoms with Crippen LogP contribution in [0.2, 0.25) is 0 Å². The van der Waals surface area contributed by atoms with Gasteiger partial charge in [0.05, 0.1) is 11.8 Å². The molecule has 0 spiro atoms. The van der Waals surface area contributed by atoms with E-state index in [-0.39, 0.29) is 5.56 Å². The third-order valence-corrected chi connectivity index (χ3v) is 1.47. The van der Waals surface area contributed by atoms with Crippen molar-refractivity contribution in [1.82, 2.24) is 0 Å². The van der Waals surface area contributed by atoms with Crippen LogP contribution in [0.3, 0.4) is 0 Å². The van der Waals surface area contributed by atoms with Crippen molar-refractivity contribution in [3.05, 3.63) is 35.1 Å². The summed E-state index contributed by atoms with van der Waals surface area (Å²) in [5, 5.41) is 3.01. The second-order valence-corrected chi connectivity index (χ2v) is 2.55. The van der Waals surface area contributed by atoms with Crippen molar-refractivity contribution >= 4 is 6.21 Å². The highest BCUT2D eigenvalue weighted by atomic mass is 19.4. The van der Waals surface area contributed by atoms with Crippen molar-refractivity contribution in [2.45, 2.75) is 6.18 Å². The number of alkyl halides is 3. The first-order valence-corrected chi connectivity index (χ1v) is 3.54. The minimum Gasteiger partial charge on any atom is -0.323 e. The Bertz CT molecular complexity index is 357. The van der Waals surface area contributed by atoms with Crippen molar-refractivity contribution in [2.24, 2.45) is 10.9 Å². The normalized spacial score (nSPS) is 12.3. The van der Waals surface area contributed by atoms with Crippen LogP contribution in [0.5, 0.6) is 0 Å². The van der Waals surface area contributed by atoms with Crippen LogP contribution in [-0.4, -0.2) is 6.21 Å². The Morgan fingerprint density at radius 2 is 1.86 bits per heavy atom. The quantitative estimate of drug-likeness (QED) is 0.325. The van der Waals surface area contributed by atoms with Gasteiger partial charge in [-0.1, -0.05) is 0 Å². The topological polar surface area (TPSA) is 38.4 Å². The molecule has 0 saturated carbocycles. The predicted molar refractivity (Wildman–Crippen MR) is 43.2 cm³/mol. The fraction of sp³-hybridized carbons (Fsp3) is 0.125. The van der Waals surface area contributed by atoms with Gasteiger partial charge in [0.2, 0.25) is 0 Å². The summed E-state index contributed by atoms with van der Waals surface area (Å²) in [4.78, 5) is 0. The van der Waals surface area contributed by atoms with E-state index in [2.05, 4.69) is 5.10 Å². The van der Waals surface area contributed by atoms with Gasteiger partial charge in [-0.15, -0.1) is 0 Å². The standard InChI is InChI=1S/C8H6F4N2/c9-7-2-5(4-14-13)1-6(3-7)8(10,11)12/h1-4H,13H2. The molecule has 76 valence electrons. The predicted octanol–water partition coefficient (Wildman–Crippen LogP) is 2.14. The summed E-state index contributed by atoms with van der Waals surface area (Å²) in [7, 11) is 0. The summed E-state index contributed by atoms with van der Waals surface area (Å²) in [6.07, 6.45) is -3.63. The van der Waals surface area contributed by atoms with Gasteiger partial charge in [0.1, 0.15) is 5.82 Å². The number of hydrazone groups is 1. The molecule has 2 N–H and O–H groups in total. The lowest BCUT2D eigenvalue weighted by Crippen LogP contribution is -2.06. The van der Waals surface area contributed by atoms with E-state index in [0.29, 0.717) is 6.07 Å². The highest BCUT2D eigenvalue weighted by Gasteiger charge is 2.31. The second-order valence-electron chi connectivity index (χ2n) is 2.55. The molecule has 0 bridgehead atoms. The molecule has 1 aromatic rings. The highest BCUT2D eigenvalue weighted by Crippen LogP contribution is 2.30. The number of nitrogens with two attached hydrogens (primary N) is 1. The smallest absolute Gasteiger partial charge is 0.323 e. The molecule has 1 rings (SSSR count). The number of halogens is 4. The van der Waals surface area contributed by atoms with Crippen LogP contribution in [-0.2, 0) is 6.18 Å². The number of benzene rings is 1. The lowest BCUT2D eigenvalue weighted by molar-refractivity contribution is -0.137. The summed E-state index contributed by atoms with van der Waals surface area (Å²) in [6.45, 7) is 0. The molecule has 0 aromatic heterocycles. The Balaban J connectivity index is 3.20. The Morgan fingerprint density at radius 3 is 2.36 bits per heavy atom. The van der Waals surface area contributed by atoms with E-state index in [4.69, 9.17) is 5.84 Å². The van der Waals surface area contributed by atoms with Crippen LogP contribution >= 0.6 is 0 Å². The summed E-state index contributed by atoms with van der Waals surface area (Å²) >= 11 is 0. The molecule has 1 aromatic carbocycles. The number of nitrogens with zero attached hydrogens (tertiary/aromatic N) is 1. The minimum absolute atomic E-state index is 0.0279. The average molecular weight is 206 g/mol. The molecule has 0 aliphatic heterocycles. The van der Waals surface area contributed by atoms with Crippen LogP contribution in [0.15, 0.2) is 23.3 Å². The molecule has 14 heavy (non-hydrogen) atoms. The van der Waals surface area contributed by atoms with Crippen molar-refractivity contribution in [3.8, 4) is 0 Å². The molecule has 0 radical (unpaired) electrons. The maximum Gasteiger partial charge on any atom is 0.416 e. The van der Waals surface area contributed by atoms with E-state index in [1.807, 2.05) is 0 Å². The van der Waals surface area contributed by atoms with E-state index in [1.54, 1.807) is 0 Å². The van der Waals surface area contributed by atoms with E-state index in [0.717, 1.165) is 18.3 Å². The minimum atomic E-state index is -4.57. The lowest BCUT2D eigenvalue weighted by atomic mass is 10.1. The van der Waals surface area contributed by atoms with E-state index in [9.17, 15) is 17.6 Å². The summed E-state index contributed by atoms with van der Waals surface area (Å²) in [5.74, 6) is 3.76. The van der Waals surface area contributed by atoms with Crippen molar-refractivity contribution in [2.75, 3.05) is 0 Å². The summed E-state index contributed by atoms with van der Waals surface area (Å²) in [5.41, 5.74) is -1.09. The molecule has 0 unspecified atom stereocenters. The van der Waals surface area contributed by atoms with Crippen molar-refractivity contribution < 1.29 is 17.6 Å². The van der Waals surface area contributed by atoms with Crippen LogP contribution < -0.4 is 5.84 Å². The molecule has 0 atom stereocenters. The zero-order chi connectivity index (χ0) is 10.8. The first kappa shape index (κ1) is 10.5. The third kappa shape index (κ3) is 2.45. The molecule has 0 saturated heterocycles. The molecule has 0 amide bonds. The molecule has 0 heterocycles. The van der Waals surface area contributed by atoms with Crippen LogP contribution in [0.1, 0.15) is 11.1 Å². The average Bonchev–Trinajstić information content (AvgIpc) is 2.02. The molecule has 2 nitrogen and oxygen atoms in total. The largest absolute Gasteiger partial charge is 0.416 e. The van der Waals surface area contributed by atoms with Gasteiger partial charge in [0.25, 0.3) is 0 Å². The van der Waals surface area contributed by atoms with E-state index in [1.165, 1.54) is 0 Å².